The van der Waals surface area contributed by atoms with Crippen molar-refractivity contribution < 1.29 is 9.53 Å². The summed E-state index contributed by atoms with van der Waals surface area (Å²) >= 11 is 2.30. The van der Waals surface area contributed by atoms with E-state index < -0.39 is 0 Å². The summed E-state index contributed by atoms with van der Waals surface area (Å²) < 4.78 is 6.80. The molecule has 1 aliphatic rings. The van der Waals surface area contributed by atoms with Gasteiger partial charge in [-0.1, -0.05) is 18.2 Å². The molecule has 17 heavy (non-hydrogen) atoms. The van der Waals surface area contributed by atoms with E-state index in [9.17, 15) is 4.79 Å². The molecule has 1 heterocycles. The largest absolute Gasteiger partial charge is 0.359 e. The molecule has 4 heteroatoms. The first-order valence-corrected chi connectivity index (χ1v) is 6.94. The molecule has 0 aromatic heterocycles. The van der Waals surface area contributed by atoms with Crippen LogP contribution in [-0.2, 0) is 16.1 Å². The zero-order chi connectivity index (χ0) is 12.3. The Bertz CT molecular complexity index is 408. The minimum absolute atomic E-state index is 0.0384. The molecule has 2 rings (SSSR count). The smallest absolute Gasteiger partial charge is 0.225 e. The van der Waals surface area contributed by atoms with E-state index in [1.165, 1.54) is 9.13 Å². The van der Waals surface area contributed by atoms with E-state index in [1.807, 2.05) is 24.0 Å². The van der Waals surface area contributed by atoms with Crippen LogP contribution in [0.15, 0.2) is 24.3 Å². The molecule has 1 atom stereocenters. The van der Waals surface area contributed by atoms with Gasteiger partial charge in [0.25, 0.3) is 0 Å². The number of halogens is 1. The van der Waals surface area contributed by atoms with Gasteiger partial charge in [0.1, 0.15) is 6.23 Å². The van der Waals surface area contributed by atoms with Crippen molar-refractivity contribution in [1.29, 1.82) is 0 Å². The Balaban J connectivity index is 2.11. The van der Waals surface area contributed by atoms with Crippen molar-refractivity contribution in [1.82, 2.24) is 4.90 Å². The van der Waals surface area contributed by atoms with Gasteiger partial charge >= 0.3 is 0 Å². The fourth-order valence-electron chi connectivity index (χ4n) is 2.07. The van der Waals surface area contributed by atoms with Crippen molar-refractivity contribution in [3.63, 3.8) is 0 Å². The predicted octanol–water partition coefficient (Wildman–Crippen LogP) is 2.78. The molecule has 0 spiro atoms. The van der Waals surface area contributed by atoms with Gasteiger partial charge in [0.2, 0.25) is 5.91 Å². The third-order valence-electron chi connectivity index (χ3n) is 2.93. The number of amides is 1. The first kappa shape index (κ1) is 12.8. The summed E-state index contributed by atoms with van der Waals surface area (Å²) in [5.74, 6) is 0.197. The number of ether oxygens (including phenoxy) is 1. The van der Waals surface area contributed by atoms with Crippen LogP contribution in [0.2, 0.25) is 0 Å². The van der Waals surface area contributed by atoms with Gasteiger partial charge in [-0.25, -0.2) is 0 Å². The normalized spacial score (nSPS) is 20.0. The van der Waals surface area contributed by atoms with E-state index in [-0.39, 0.29) is 12.1 Å². The second-order valence-electron chi connectivity index (χ2n) is 4.06. The van der Waals surface area contributed by atoms with Crippen molar-refractivity contribution in [2.45, 2.75) is 32.5 Å². The summed E-state index contributed by atoms with van der Waals surface area (Å²) in [4.78, 5) is 13.7. The van der Waals surface area contributed by atoms with Crippen LogP contribution >= 0.6 is 22.6 Å². The Morgan fingerprint density at radius 2 is 2.24 bits per heavy atom. The van der Waals surface area contributed by atoms with Crippen molar-refractivity contribution >= 4 is 28.5 Å². The number of carbonyl (C=O) groups excluding carboxylic acids is 1. The van der Waals surface area contributed by atoms with Crippen LogP contribution in [0, 0.1) is 3.57 Å². The van der Waals surface area contributed by atoms with E-state index in [1.54, 1.807) is 0 Å². The molecular formula is C13H16INO2. The van der Waals surface area contributed by atoms with Crippen LogP contribution in [0.25, 0.3) is 0 Å². The SMILES string of the molecule is CCOC1CCC(=O)N1Cc1ccccc1I. The second kappa shape index (κ2) is 5.82. The quantitative estimate of drug-likeness (QED) is 0.786. The molecule has 1 aromatic rings. The van der Waals surface area contributed by atoms with E-state index in [0.717, 1.165) is 6.42 Å². The highest BCUT2D eigenvalue weighted by molar-refractivity contribution is 14.1. The molecule has 1 unspecified atom stereocenters. The maximum absolute atomic E-state index is 11.8. The molecule has 0 radical (unpaired) electrons. The highest BCUT2D eigenvalue weighted by Gasteiger charge is 2.31. The molecule has 1 aromatic carbocycles. The molecule has 1 aliphatic heterocycles. The van der Waals surface area contributed by atoms with E-state index in [0.29, 0.717) is 19.6 Å². The number of likely N-dealkylation sites (tertiary alicyclic amines) is 1. The van der Waals surface area contributed by atoms with Gasteiger partial charge in [0.15, 0.2) is 0 Å². The monoisotopic (exact) mass is 345 g/mol. The molecule has 1 fully saturated rings. The fourth-order valence-corrected chi connectivity index (χ4v) is 2.63. The summed E-state index contributed by atoms with van der Waals surface area (Å²) in [6.45, 7) is 3.27. The van der Waals surface area contributed by atoms with Gasteiger partial charge < -0.3 is 9.64 Å². The minimum atomic E-state index is -0.0384. The lowest BCUT2D eigenvalue weighted by molar-refractivity contribution is -0.137. The van der Waals surface area contributed by atoms with Crippen molar-refractivity contribution in [3.05, 3.63) is 33.4 Å². The second-order valence-corrected chi connectivity index (χ2v) is 5.22. The molecule has 3 nitrogen and oxygen atoms in total. The lowest BCUT2D eigenvalue weighted by Crippen LogP contribution is -2.34. The van der Waals surface area contributed by atoms with Gasteiger partial charge in [-0.05, 0) is 41.1 Å². The van der Waals surface area contributed by atoms with Crippen LogP contribution in [0.4, 0.5) is 0 Å². The van der Waals surface area contributed by atoms with Gasteiger partial charge in [-0.2, -0.15) is 0 Å². The summed E-state index contributed by atoms with van der Waals surface area (Å²) in [6.07, 6.45) is 1.38. The Labute approximate surface area is 115 Å². The number of carbonyl (C=O) groups is 1. The molecule has 1 saturated heterocycles. The Morgan fingerprint density at radius 1 is 1.47 bits per heavy atom. The number of hydrogen-bond donors (Lipinski definition) is 0. The highest BCUT2D eigenvalue weighted by atomic mass is 127. The van der Waals surface area contributed by atoms with Crippen LogP contribution in [0.5, 0.6) is 0 Å². The molecular weight excluding hydrogens is 329 g/mol. The standard InChI is InChI=1S/C13H16INO2/c1-2-17-13-8-7-12(16)15(13)9-10-5-3-4-6-11(10)14/h3-6,13H,2,7-9H2,1H3. The lowest BCUT2D eigenvalue weighted by Gasteiger charge is -2.25. The number of hydrogen-bond acceptors (Lipinski definition) is 2. The van der Waals surface area contributed by atoms with Crippen molar-refractivity contribution in [2.24, 2.45) is 0 Å². The lowest BCUT2D eigenvalue weighted by atomic mass is 10.2. The topological polar surface area (TPSA) is 29.5 Å². The molecule has 1 amide bonds. The first-order chi connectivity index (χ1) is 8.22. The predicted molar refractivity (Wildman–Crippen MR) is 74.4 cm³/mol. The zero-order valence-electron chi connectivity index (χ0n) is 9.86. The van der Waals surface area contributed by atoms with Crippen LogP contribution in [0.3, 0.4) is 0 Å². The summed E-state index contributed by atoms with van der Waals surface area (Å²) in [6, 6.07) is 8.15. The molecule has 0 bridgehead atoms. The zero-order valence-corrected chi connectivity index (χ0v) is 12.0. The number of benzene rings is 1. The maximum Gasteiger partial charge on any atom is 0.225 e. The van der Waals surface area contributed by atoms with E-state index in [2.05, 4.69) is 34.7 Å². The van der Waals surface area contributed by atoms with Gasteiger partial charge in [-0.15, -0.1) is 0 Å². The van der Waals surface area contributed by atoms with Crippen LogP contribution in [-0.4, -0.2) is 23.6 Å². The molecule has 92 valence electrons. The highest BCUT2D eigenvalue weighted by Crippen LogP contribution is 2.24. The van der Waals surface area contributed by atoms with E-state index >= 15 is 0 Å². The van der Waals surface area contributed by atoms with Crippen LogP contribution < -0.4 is 0 Å². The van der Waals surface area contributed by atoms with Crippen molar-refractivity contribution in [3.8, 4) is 0 Å². The Hall–Kier alpha value is -0.620. The van der Waals surface area contributed by atoms with Gasteiger partial charge in [-0.3, -0.25) is 4.79 Å². The molecule has 0 aliphatic carbocycles. The third kappa shape index (κ3) is 2.98. The summed E-state index contributed by atoms with van der Waals surface area (Å²) in [7, 11) is 0. The fraction of sp³-hybridized carbons (Fsp3) is 0.462. The van der Waals surface area contributed by atoms with Crippen LogP contribution in [0.1, 0.15) is 25.3 Å². The summed E-state index contributed by atoms with van der Waals surface area (Å²) in [5, 5.41) is 0. The average Bonchev–Trinajstić information content (AvgIpc) is 2.65. The van der Waals surface area contributed by atoms with E-state index in [4.69, 9.17) is 4.74 Å². The Morgan fingerprint density at radius 3 is 2.94 bits per heavy atom. The number of nitrogens with zero attached hydrogens (tertiary/aromatic N) is 1. The minimum Gasteiger partial charge on any atom is -0.359 e. The molecule has 0 N–H and O–H groups in total. The maximum atomic E-state index is 11.8. The number of rotatable bonds is 4. The van der Waals surface area contributed by atoms with Gasteiger partial charge in [0.05, 0.1) is 0 Å². The van der Waals surface area contributed by atoms with Crippen molar-refractivity contribution in [2.75, 3.05) is 6.61 Å². The molecule has 0 saturated carbocycles. The third-order valence-corrected chi connectivity index (χ3v) is 3.98. The van der Waals surface area contributed by atoms with Gasteiger partial charge in [0, 0.05) is 29.6 Å². The summed E-state index contributed by atoms with van der Waals surface area (Å²) in [5.41, 5.74) is 1.19. The Kier molecular flexibility index (Phi) is 4.39. The average molecular weight is 345 g/mol. The first-order valence-electron chi connectivity index (χ1n) is 5.87.